The second-order valence-corrected chi connectivity index (χ2v) is 8.22. The third-order valence-electron chi connectivity index (χ3n) is 6.38. The highest BCUT2D eigenvalue weighted by atomic mass is 16.1. The van der Waals surface area contributed by atoms with Crippen LogP contribution in [-0.2, 0) is 0 Å². The molecule has 2 aromatic heterocycles. The van der Waals surface area contributed by atoms with E-state index in [4.69, 9.17) is 5.73 Å². The maximum absolute atomic E-state index is 12.1. The first-order chi connectivity index (χ1) is 12.9. The number of benzene rings is 1. The molecule has 5 nitrogen and oxygen atoms in total. The van der Waals surface area contributed by atoms with Gasteiger partial charge in [-0.2, -0.15) is 5.10 Å². The molecule has 0 aliphatic heterocycles. The van der Waals surface area contributed by atoms with Crippen molar-refractivity contribution in [2.45, 2.75) is 39.7 Å². The van der Waals surface area contributed by atoms with Crippen LogP contribution in [0.1, 0.15) is 44.0 Å². The molecule has 0 radical (unpaired) electrons. The van der Waals surface area contributed by atoms with Crippen LogP contribution < -0.4 is 11.1 Å². The number of rotatable bonds is 4. The summed E-state index contributed by atoms with van der Waals surface area (Å²) in [5.74, 6) is 0.162. The topological polar surface area (TPSA) is 72.4 Å². The van der Waals surface area contributed by atoms with E-state index >= 15 is 0 Å². The molecule has 2 atom stereocenters. The Kier molecular flexibility index (Phi) is 4.17. The summed E-state index contributed by atoms with van der Waals surface area (Å²) < 4.78 is 1.82. The predicted molar refractivity (Wildman–Crippen MR) is 109 cm³/mol. The van der Waals surface area contributed by atoms with Gasteiger partial charge in [-0.25, -0.2) is 4.52 Å². The maximum atomic E-state index is 12.1. The van der Waals surface area contributed by atoms with Crippen LogP contribution >= 0.6 is 0 Å². The van der Waals surface area contributed by atoms with Crippen LogP contribution in [0.4, 0.5) is 5.69 Å². The molecular weight excluding hydrogens is 336 g/mol. The Morgan fingerprint density at radius 1 is 1.22 bits per heavy atom. The molecule has 2 heterocycles. The normalized spacial score (nSPS) is 21.4. The Labute approximate surface area is 159 Å². The van der Waals surface area contributed by atoms with Crippen LogP contribution in [-0.4, -0.2) is 21.6 Å². The second-order valence-electron chi connectivity index (χ2n) is 8.22. The van der Waals surface area contributed by atoms with Gasteiger partial charge in [0.25, 0.3) is 5.91 Å². The number of nitrogens with two attached hydrogens (primary N) is 1. The van der Waals surface area contributed by atoms with Gasteiger partial charge >= 0.3 is 0 Å². The summed E-state index contributed by atoms with van der Waals surface area (Å²) in [7, 11) is 0. The summed E-state index contributed by atoms with van der Waals surface area (Å²) in [6.07, 6.45) is 5.81. The number of fused-ring (bicyclic) bond motifs is 1. The first-order valence-corrected chi connectivity index (χ1v) is 9.51. The third-order valence-corrected chi connectivity index (χ3v) is 6.38. The lowest BCUT2D eigenvalue weighted by molar-refractivity contribution is 0.100. The molecule has 1 saturated carbocycles. The van der Waals surface area contributed by atoms with Gasteiger partial charge in [-0.3, -0.25) is 4.79 Å². The molecule has 1 aromatic carbocycles. The minimum absolute atomic E-state index is 0.143. The van der Waals surface area contributed by atoms with Crippen molar-refractivity contribution < 1.29 is 4.79 Å². The summed E-state index contributed by atoms with van der Waals surface area (Å²) in [6, 6.07) is 12.5. The zero-order valence-corrected chi connectivity index (χ0v) is 16.1. The van der Waals surface area contributed by atoms with Crippen molar-refractivity contribution in [3.05, 3.63) is 54.4 Å². The van der Waals surface area contributed by atoms with Gasteiger partial charge < -0.3 is 11.1 Å². The van der Waals surface area contributed by atoms with E-state index in [2.05, 4.69) is 49.4 Å². The molecule has 1 unspecified atom stereocenters. The fraction of sp³-hybridized carbons (Fsp3) is 0.364. The van der Waals surface area contributed by atoms with Crippen molar-refractivity contribution >= 4 is 17.1 Å². The van der Waals surface area contributed by atoms with E-state index in [-0.39, 0.29) is 11.5 Å². The lowest BCUT2D eigenvalue weighted by Gasteiger charge is -2.33. The van der Waals surface area contributed by atoms with E-state index in [1.807, 2.05) is 28.9 Å². The summed E-state index contributed by atoms with van der Waals surface area (Å²) in [5.41, 5.74) is 10.1. The molecule has 1 aliphatic rings. The highest BCUT2D eigenvalue weighted by Crippen LogP contribution is 2.44. The highest BCUT2D eigenvalue weighted by Gasteiger charge is 2.41. The van der Waals surface area contributed by atoms with Crippen LogP contribution in [0.2, 0.25) is 0 Å². The molecule has 1 amide bonds. The van der Waals surface area contributed by atoms with Gasteiger partial charge in [-0.15, -0.1) is 0 Å². The smallest absolute Gasteiger partial charge is 0.252 e. The number of carbonyl (C=O) groups excluding carboxylic acids is 1. The number of amides is 1. The first-order valence-electron chi connectivity index (χ1n) is 9.51. The molecule has 0 spiro atoms. The van der Waals surface area contributed by atoms with Gasteiger partial charge in [-0.05, 0) is 35.8 Å². The van der Waals surface area contributed by atoms with Crippen molar-refractivity contribution in [2.75, 3.05) is 5.32 Å². The van der Waals surface area contributed by atoms with E-state index in [0.29, 0.717) is 11.5 Å². The fourth-order valence-electron chi connectivity index (χ4n) is 4.12. The fourth-order valence-corrected chi connectivity index (χ4v) is 4.12. The van der Waals surface area contributed by atoms with E-state index in [0.717, 1.165) is 28.8 Å². The molecule has 4 rings (SSSR count). The van der Waals surface area contributed by atoms with Crippen molar-refractivity contribution in [3.8, 4) is 11.1 Å². The molecule has 1 fully saturated rings. The Bertz CT molecular complexity index is 990. The number of nitrogens with one attached hydrogen (secondary N) is 1. The standard InChI is InChI=1S/C22H26N4O/c1-14-9-10-19(22(14,2)3)25-20-17(21(23)27)12-24-26-13-16(11-18(20)26)15-7-5-4-6-8-15/h4-8,11-14,19,25H,9-10H2,1-3H3,(H2,23,27)/t14?,19-/m1/s1. The molecule has 3 N–H and O–H groups in total. The number of hydrogen-bond donors (Lipinski definition) is 2. The Morgan fingerprint density at radius 3 is 2.59 bits per heavy atom. The van der Waals surface area contributed by atoms with Gasteiger partial charge in [0.2, 0.25) is 0 Å². The van der Waals surface area contributed by atoms with E-state index in [9.17, 15) is 4.79 Å². The monoisotopic (exact) mass is 362 g/mol. The van der Waals surface area contributed by atoms with Crippen LogP contribution in [0, 0.1) is 11.3 Å². The zero-order chi connectivity index (χ0) is 19.2. The SMILES string of the molecule is CC1CC[C@@H](Nc2c(C(N)=O)cnn3cc(-c4ccccc4)cc23)C1(C)C. The molecule has 1 aliphatic carbocycles. The maximum Gasteiger partial charge on any atom is 0.252 e. The van der Waals surface area contributed by atoms with E-state index in [1.165, 1.54) is 6.42 Å². The number of anilines is 1. The number of aromatic nitrogens is 2. The largest absolute Gasteiger partial charge is 0.379 e. The van der Waals surface area contributed by atoms with Crippen molar-refractivity contribution in [3.63, 3.8) is 0 Å². The van der Waals surface area contributed by atoms with Crippen molar-refractivity contribution in [2.24, 2.45) is 17.1 Å². The first kappa shape index (κ1) is 17.6. The molecule has 5 heteroatoms. The predicted octanol–water partition coefficient (Wildman–Crippen LogP) is 4.34. The number of carbonyl (C=O) groups is 1. The van der Waals surface area contributed by atoms with Crippen molar-refractivity contribution in [1.82, 2.24) is 9.61 Å². The molecule has 0 saturated heterocycles. The van der Waals surface area contributed by atoms with Crippen molar-refractivity contribution in [1.29, 1.82) is 0 Å². The van der Waals surface area contributed by atoms with Crippen LogP contribution in [0.15, 0.2) is 48.8 Å². The minimum atomic E-state index is -0.459. The third kappa shape index (κ3) is 2.97. The minimum Gasteiger partial charge on any atom is -0.379 e. The molecule has 140 valence electrons. The summed E-state index contributed by atoms with van der Waals surface area (Å²) in [6.45, 7) is 6.87. The quantitative estimate of drug-likeness (QED) is 0.725. The van der Waals surface area contributed by atoms with Gasteiger partial charge in [0.05, 0.1) is 23.0 Å². The lowest BCUT2D eigenvalue weighted by Crippen LogP contribution is -2.35. The van der Waals surface area contributed by atoms with Gasteiger partial charge in [0.15, 0.2) is 0 Å². The highest BCUT2D eigenvalue weighted by molar-refractivity contribution is 6.02. The molecule has 3 aromatic rings. The van der Waals surface area contributed by atoms with Gasteiger partial charge in [-0.1, -0.05) is 51.1 Å². The summed E-state index contributed by atoms with van der Waals surface area (Å²) in [4.78, 5) is 12.1. The van der Waals surface area contributed by atoms with Crippen LogP contribution in [0.3, 0.4) is 0 Å². The summed E-state index contributed by atoms with van der Waals surface area (Å²) in [5, 5.41) is 8.07. The average Bonchev–Trinajstić information content (AvgIpc) is 3.19. The number of nitrogens with zero attached hydrogens (tertiary/aromatic N) is 2. The lowest BCUT2D eigenvalue weighted by atomic mass is 9.80. The number of primary amides is 1. The van der Waals surface area contributed by atoms with E-state index < -0.39 is 5.91 Å². The average molecular weight is 362 g/mol. The molecular formula is C22H26N4O. The Morgan fingerprint density at radius 2 is 1.96 bits per heavy atom. The van der Waals surface area contributed by atoms with Gasteiger partial charge in [0.1, 0.15) is 0 Å². The van der Waals surface area contributed by atoms with Crippen LogP contribution in [0.25, 0.3) is 16.6 Å². The molecule has 0 bridgehead atoms. The van der Waals surface area contributed by atoms with Crippen LogP contribution in [0.5, 0.6) is 0 Å². The Hall–Kier alpha value is -2.82. The van der Waals surface area contributed by atoms with Gasteiger partial charge in [0, 0.05) is 17.8 Å². The zero-order valence-electron chi connectivity index (χ0n) is 16.1. The second kappa shape index (κ2) is 6.41. The molecule has 27 heavy (non-hydrogen) atoms. The van der Waals surface area contributed by atoms with E-state index in [1.54, 1.807) is 6.20 Å². The number of hydrogen-bond acceptors (Lipinski definition) is 3. The summed E-state index contributed by atoms with van der Waals surface area (Å²) >= 11 is 0. The Balaban J connectivity index is 1.83.